The Balaban J connectivity index is 1.51. The summed E-state index contributed by atoms with van der Waals surface area (Å²) in [6, 6.07) is 24.2. The van der Waals surface area contributed by atoms with Crippen molar-refractivity contribution in [3.63, 3.8) is 0 Å². The van der Waals surface area contributed by atoms with Gasteiger partial charge in [0, 0.05) is 16.0 Å². The SMILES string of the molecule is Clc1ccc(N2OCC34C(CON3c3ccc(Cl)cc3)c3ccccc3C24)cc1. The molecule has 6 rings (SSSR count). The molecule has 6 heteroatoms. The van der Waals surface area contributed by atoms with E-state index in [4.69, 9.17) is 32.9 Å². The third-order valence-electron chi connectivity index (χ3n) is 6.30. The highest BCUT2D eigenvalue weighted by atomic mass is 35.5. The molecule has 1 spiro atoms. The van der Waals surface area contributed by atoms with E-state index in [1.807, 2.05) is 53.6 Å². The van der Waals surface area contributed by atoms with Crippen LogP contribution in [0.3, 0.4) is 0 Å². The lowest BCUT2D eigenvalue weighted by atomic mass is 9.84. The van der Waals surface area contributed by atoms with Crippen LogP contribution in [0.2, 0.25) is 10.0 Å². The monoisotopic (exact) mass is 424 g/mol. The molecule has 2 heterocycles. The van der Waals surface area contributed by atoms with Crippen molar-refractivity contribution in [2.24, 2.45) is 0 Å². The van der Waals surface area contributed by atoms with Crippen LogP contribution in [0.15, 0.2) is 72.8 Å². The van der Waals surface area contributed by atoms with Crippen molar-refractivity contribution < 1.29 is 9.68 Å². The molecular formula is C23H18Cl2N2O2. The second kappa shape index (κ2) is 6.38. The first kappa shape index (κ1) is 17.6. The van der Waals surface area contributed by atoms with Gasteiger partial charge >= 0.3 is 0 Å². The molecule has 0 aromatic heterocycles. The summed E-state index contributed by atoms with van der Waals surface area (Å²) < 4.78 is 0. The molecule has 2 saturated heterocycles. The van der Waals surface area contributed by atoms with Crippen LogP contribution < -0.4 is 10.1 Å². The van der Waals surface area contributed by atoms with Crippen molar-refractivity contribution in [1.29, 1.82) is 0 Å². The minimum atomic E-state index is -0.350. The quantitative estimate of drug-likeness (QED) is 0.520. The van der Waals surface area contributed by atoms with E-state index in [1.165, 1.54) is 11.1 Å². The molecule has 0 saturated carbocycles. The second-order valence-corrected chi connectivity index (χ2v) is 8.59. The molecule has 3 atom stereocenters. The van der Waals surface area contributed by atoms with E-state index in [-0.39, 0.29) is 17.5 Å². The summed E-state index contributed by atoms with van der Waals surface area (Å²) in [6.07, 6.45) is 0. The zero-order chi connectivity index (χ0) is 19.6. The summed E-state index contributed by atoms with van der Waals surface area (Å²) in [7, 11) is 0. The molecule has 1 aliphatic carbocycles. The summed E-state index contributed by atoms with van der Waals surface area (Å²) >= 11 is 12.2. The van der Waals surface area contributed by atoms with Gasteiger partial charge in [0.15, 0.2) is 0 Å². The average molecular weight is 425 g/mol. The summed E-state index contributed by atoms with van der Waals surface area (Å²) in [5.41, 5.74) is 4.23. The molecule has 0 amide bonds. The predicted molar refractivity (Wildman–Crippen MR) is 114 cm³/mol. The zero-order valence-corrected chi connectivity index (χ0v) is 17.0. The second-order valence-electron chi connectivity index (χ2n) is 7.72. The maximum absolute atomic E-state index is 6.33. The summed E-state index contributed by atoms with van der Waals surface area (Å²) in [4.78, 5) is 12.6. The molecule has 3 unspecified atom stereocenters. The van der Waals surface area contributed by atoms with Crippen LogP contribution in [0.1, 0.15) is 23.1 Å². The fourth-order valence-electron chi connectivity index (χ4n) is 5.08. The number of hydroxylamine groups is 2. The molecule has 0 radical (unpaired) electrons. The van der Waals surface area contributed by atoms with Gasteiger partial charge in [-0.3, -0.25) is 9.68 Å². The number of fused-ring (bicyclic) bond motifs is 3. The van der Waals surface area contributed by atoms with Gasteiger partial charge in [-0.15, -0.1) is 0 Å². The van der Waals surface area contributed by atoms with Gasteiger partial charge in [0.1, 0.15) is 18.2 Å². The molecule has 2 aliphatic heterocycles. The average Bonchev–Trinajstić information content (AvgIpc) is 3.38. The lowest BCUT2D eigenvalue weighted by Crippen LogP contribution is -2.50. The molecule has 0 N–H and O–H groups in total. The van der Waals surface area contributed by atoms with E-state index in [9.17, 15) is 0 Å². The Hall–Kier alpha value is -2.24. The summed E-state index contributed by atoms with van der Waals surface area (Å²) in [5.74, 6) is 0.219. The largest absolute Gasteiger partial charge is 0.272 e. The summed E-state index contributed by atoms with van der Waals surface area (Å²) in [5, 5.41) is 5.49. The maximum Gasteiger partial charge on any atom is 0.129 e. The van der Waals surface area contributed by atoms with Crippen molar-refractivity contribution in [3.8, 4) is 0 Å². The van der Waals surface area contributed by atoms with Gasteiger partial charge in [0.25, 0.3) is 0 Å². The zero-order valence-electron chi connectivity index (χ0n) is 15.5. The smallest absolute Gasteiger partial charge is 0.129 e. The summed E-state index contributed by atoms with van der Waals surface area (Å²) in [6.45, 7) is 1.15. The van der Waals surface area contributed by atoms with Gasteiger partial charge in [0.2, 0.25) is 0 Å². The van der Waals surface area contributed by atoms with Gasteiger partial charge in [-0.05, 0) is 59.7 Å². The Morgan fingerprint density at radius 1 is 0.759 bits per heavy atom. The van der Waals surface area contributed by atoms with Gasteiger partial charge in [-0.2, -0.15) is 0 Å². The van der Waals surface area contributed by atoms with Crippen LogP contribution in [0.5, 0.6) is 0 Å². The molecule has 2 fully saturated rings. The fourth-order valence-corrected chi connectivity index (χ4v) is 5.33. The molecule has 4 nitrogen and oxygen atoms in total. The van der Waals surface area contributed by atoms with Crippen LogP contribution in [0.4, 0.5) is 11.4 Å². The number of rotatable bonds is 2. The Morgan fingerprint density at radius 2 is 1.38 bits per heavy atom. The number of nitrogens with zero attached hydrogens (tertiary/aromatic N) is 2. The Bertz CT molecular complexity index is 1070. The van der Waals surface area contributed by atoms with Crippen molar-refractivity contribution in [3.05, 3.63) is 94.0 Å². The highest BCUT2D eigenvalue weighted by Gasteiger charge is 2.67. The molecule has 3 aromatic carbocycles. The van der Waals surface area contributed by atoms with Crippen molar-refractivity contribution >= 4 is 34.6 Å². The minimum Gasteiger partial charge on any atom is -0.272 e. The Morgan fingerprint density at radius 3 is 2.07 bits per heavy atom. The predicted octanol–water partition coefficient (Wildman–Crippen LogP) is 5.77. The van der Waals surface area contributed by atoms with Crippen LogP contribution >= 0.6 is 23.2 Å². The Labute approximate surface area is 179 Å². The van der Waals surface area contributed by atoms with Gasteiger partial charge in [-0.1, -0.05) is 47.5 Å². The topological polar surface area (TPSA) is 24.9 Å². The number of halogens is 2. The van der Waals surface area contributed by atoms with Gasteiger partial charge in [0.05, 0.1) is 18.0 Å². The van der Waals surface area contributed by atoms with E-state index >= 15 is 0 Å². The first-order valence-corrected chi connectivity index (χ1v) is 10.4. The normalized spacial score (nSPS) is 27.1. The molecule has 3 aliphatic rings. The van der Waals surface area contributed by atoms with Crippen LogP contribution in [-0.4, -0.2) is 18.8 Å². The van der Waals surface area contributed by atoms with Gasteiger partial charge in [-0.25, -0.2) is 10.1 Å². The fraction of sp³-hybridized carbons (Fsp3) is 0.217. The lowest BCUT2D eigenvalue weighted by molar-refractivity contribution is 0.117. The third kappa shape index (κ3) is 2.41. The number of hydrogen-bond donors (Lipinski definition) is 0. The van der Waals surface area contributed by atoms with Crippen molar-refractivity contribution in [2.75, 3.05) is 23.3 Å². The number of benzene rings is 3. The van der Waals surface area contributed by atoms with E-state index in [2.05, 4.69) is 29.3 Å². The van der Waals surface area contributed by atoms with Gasteiger partial charge < -0.3 is 0 Å². The van der Waals surface area contributed by atoms with Crippen molar-refractivity contribution in [2.45, 2.75) is 17.5 Å². The Kier molecular flexibility index (Phi) is 3.87. The number of hydrogen-bond acceptors (Lipinski definition) is 4. The number of anilines is 2. The molecule has 29 heavy (non-hydrogen) atoms. The highest BCUT2D eigenvalue weighted by molar-refractivity contribution is 6.30. The van der Waals surface area contributed by atoms with E-state index in [0.717, 1.165) is 11.4 Å². The first-order valence-electron chi connectivity index (χ1n) is 9.64. The van der Waals surface area contributed by atoms with Crippen LogP contribution in [0, 0.1) is 0 Å². The molecule has 0 bridgehead atoms. The maximum atomic E-state index is 6.33. The van der Waals surface area contributed by atoms with E-state index in [0.29, 0.717) is 23.3 Å². The van der Waals surface area contributed by atoms with Crippen molar-refractivity contribution in [1.82, 2.24) is 0 Å². The standard InChI is InChI=1S/C23H18Cl2N2O2/c24-15-5-9-17(10-6-15)26-22-20-4-2-1-3-19(20)21-13-28-27(23(21,22)14-29-26)18-11-7-16(25)8-12-18/h1-12,21-22H,13-14H2. The highest BCUT2D eigenvalue weighted by Crippen LogP contribution is 2.61. The third-order valence-corrected chi connectivity index (χ3v) is 6.81. The molecular weight excluding hydrogens is 407 g/mol. The van der Waals surface area contributed by atoms with Crippen LogP contribution in [0.25, 0.3) is 0 Å². The van der Waals surface area contributed by atoms with E-state index in [1.54, 1.807) is 0 Å². The lowest BCUT2D eigenvalue weighted by Gasteiger charge is -2.37. The molecule has 146 valence electrons. The van der Waals surface area contributed by atoms with Crippen LogP contribution in [-0.2, 0) is 9.68 Å². The first-order chi connectivity index (χ1) is 14.2. The minimum absolute atomic E-state index is 0.00283. The van der Waals surface area contributed by atoms with E-state index < -0.39 is 0 Å². The molecule has 3 aromatic rings.